The van der Waals surface area contributed by atoms with Gasteiger partial charge in [0.1, 0.15) is 0 Å². The fourth-order valence-corrected chi connectivity index (χ4v) is 3.55. The largest absolute Gasteiger partial charge is 0.329 e. The molecule has 1 atom stereocenters. The number of likely N-dealkylation sites (N-methyl/N-ethyl adjacent to an activating group) is 4. The molecular formula is C10H15N5OS3. The van der Waals surface area contributed by atoms with Gasteiger partial charge in [-0.2, -0.15) is 0 Å². The van der Waals surface area contributed by atoms with E-state index in [2.05, 4.69) is 0 Å². The third kappa shape index (κ3) is 1.46. The minimum atomic E-state index is -0.943. The van der Waals surface area contributed by atoms with Crippen LogP contribution >= 0.6 is 36.7 Å². The maximum absolute atomic E-state index is 12.3. The summed E-state index contributed by atoms with van der Waals surface area (Å²) in [6, 6.07) is -0.213. The Labute approximate surface area is 128 Å². The Morgan fingerprint density at radius 3 is 1.58 bits per heavy atom. The van der Waals surface area contributed by atoms with Gasteiger partial charge in [0, 0.05) is 35.2 Å². The zero-order chi connectivity index (χ0) is 14.7. The number of urea groups is 1. The van der Waals surface area contributed by atoms with E-state index in [-0.39, 0.29) is 6.03 Å². The van der Waals surface area contributed by atoms with Crippen LogP contribution in [0.3, 0.4) is 0 Å². The van der Waals surface area contributed by atoms with Crippen LogP contribution in [0.25, 0.3) is 0 Å². The zero-order valence-electron chi connectivity index (χ0n) is 11.4. The lowest BCUT2D eigenvalue weighted by molar-refractivity contribution is -0.00596. The van der Waals surface area contributed by atoms with E-state index in [4.69, 9.17) is 36.7 Å². The van der Waals surface area contributed by atoms with Crippen molar-refractivity contribution in [2.75, 3.05) is 35.2 Å². The zero-order valence-corrected chi connectivity index (χ0v) is 13.8. The second-order valence-electron chi connectivity index (χ2n) is 4.58. The summed E-state index contributed by atoms with van der Waals surface area (Å²) >= 11 is 16.2. The summed E-state index contributed by atoms with van der Waals surface area (Å²) in [4.78, 5) is 21.2. The van der Waals surface area contributed by atoms with Gasteiger partial charge in [-0.25, -0.2) is 4.79 Å². The maximum Gasteiger partial charge on any atom is 0.329 e. The van der Waals surface area contributed by atoms with Crippen LogP contribution < -0.4 is 0 Å². The SMILES string of the molecule is CN1C(=O)N(C)C2(C(=S)N(C)C(=S)N2C)N(C)C1=S. The molecule has 1 unspecified atom stereocenters. The molecule has 0 bridgehead atoms. The van der Waals surface area contributed by atoms with Gasteiger partial charge in [-0.3, -0.25) is 9.80 Å². The van der Waals surface area contributed by atoms with Crippen LogP contribution in [-0.2, 0) is 0 Å². The Hall–Kier alpha value is -1.06. The average molecular weight is 317 g/mol. The van der Waals surface area contributed by atoms with Crippen molar-refractivity contribution in [2.45, 2.75) is 5.79 Å². The molecule has 2 aliphatic rings. The van der Waals surface area contributed by atoms with Gasteiger partial charge in [-0.05, 0) is 24.4 Å². The first-order valence-corrected chi connectivity index (χ1v) is 6.76. The lowest BCUT2D eigenvalue weighted by Crippen LogP contribution is -2.77. The average Bonchev–Trinajstić information content (AvgIpc) is 2.56. The smallest absolute Gasteiger partial charge is 0.311 e. The van der Waals surface area contributed by atoms with E-state index in [9.17, 15) is 4.79 Å². The molecule has 1 spiro atoms. The highest BCUT2D eigenvalue weighted by Crippen LogP contribution is 2.36. The molecule has 2 rings (SSSR count). The highest BCUT2D eigenvalue weighted by molar-refractivity contribution is 7.82. The Morgan fingerprint density at radius 1 is 0.789 bits per heavy atom. The molecule has 0 aromatic heterocycles. The molecule has 0 radical (unpaired) electrons. The molecule has 0 aliphatic carbocycles. The molecule has 0 saturated carbocycles. The third-order valence-electron chi connectivity index (χ3n) is 3.72. The summed E-state index contributed by atoms with van der Waals surface area (Å²) in [6.07, 6.45) is 0. The number of carbonyl (C=O) groups excluding carboxylic acids is 1. The van der Waals surface area contributed by atoms with Crippen molar-refractivity contribution in [3.05, 3.63) is 0 Å². The van der Waals surface area contributed by atoms with E-state index < -0.39 is 5.79 Å². The normalized spacial score (nSPS) is 28.4. The van der Waals surface area contributed by atoms with E-state index >= 15 is 0 Å². The van der Waals surface area contributed by atoms with Crippen LogP contribution in [0.1, 0.15) is 0 Å². The summed E-state index contributed by atoms with van der Waals surface area (Å²) in [5.41, 5.74) is 0. The molecular weight excluding hydrogens is 302 g/mol. The summed E-state index contributed by atoms with van der Waals surface area (Å²) in [7, 11) is 8.76. The van der Waals surface area contributed by atoms with Crippen molar-refractivity contribution in [1.29, 1.82) is 0 Å². The Balaban J connectivity index is 2.64. The second kappa shape index (κ2) is 4.22. The molecule has 2 fully saturated rings. The topological polar surface area (TPSA) is 33.3 Å². The van der Waals surface area contributed by atoms with Crippen LogP contribution in [0.2, 0.25) is 0 Å². The number of carbonyl (C=O) groups is 1. The van der Waals surface area contributed by atoms with Gasteiger partial charge < -0.3 is 14.7 Å². The second-order valence-corrected chi connectivity index (χ2v) is 5.70. The molecule has 0 N–H and O–H groups in total. The molecule has 0 aromatic rings. The Bertz CT molecular complexity index is 485. The van der Waals surface area contributed by atoms with E-state index in [1.807, 2.05) is 14.1 Å². The summed E-state index contributed by atoms with van der Waals surface area (Å²) in [5.74, 6) is -0.943. The predicted octanol–water partition coefficient (Wildman–Crippen LogP) is 0.344. The van der Waals surface area contributed by atoms with Crippen molar-refractivity contribution >= 4 is 57.9 Å². The predicted molar refractivity (Wildman–Crippen MR) is 84.7 cm³/mol. The molecule has 104 valence electrons. The number of nitrogens with zero attached hydrogens (tertiary/aromatic N) is 5. The first-order valence-electron chi connectivity index (χ1n) is 5.54. The lowest BCUT2D eigenvalue weighted by Gasteiger charge is -2.54. The minimum Gasteiger partial charge on any atom is -0.311 e. The van der Waals surface area contributed by atoms with Crippen molar-refractivity contribution < 1.29 is 4.79 Å². The molecule has 9 heteroatoms. The Kier molecular flexibility index (Phi) is 3.19. The highest BCUT2D eigenvalue weighted by atomic mass is 32.1. The van der Waals surface area contributed by atoms with Gasteiger partial charge in [0.25, 0.3) is 5.79 Å². The lowest BCUT2D eigenvalue weighted by atomic mass is 10.2. The molecule has 2 heterocycles. The van der Waals surface area contributed by atoms with Crippen molar-refractivity contribution in [3.63, 3.8) is 0 Å². The van der Waals surface area contributed by atoms with Crippen molar-refractivity contribution in [3.8, 4) is 0 Å². The van der Waals surface area contributed by atoms with E-state index in [1.165, 1.54) is 4.90 Å². The van der Waals surface area contributed by atoms with E-state index in [0.717, 1.165) is 0 Å². The monoisotopic (exact) mass is 317 g/mol. The van der Waals surface area contributed by atoms with E-state index in [1.54, 1.807) is 40.7 Å². The van der Waals surface area contributed by atoms with Gasteiger partial charge in [0.05, 0.1) is 0 Å². The van der Waals surface area contributed by atoms with Crippen LogP contribution in [0.4, 0.5) is 4.79 Å². The quantitative estimate of drug-likeness (QED) is 0.596. The molecule has 2 amide bonds. The van der Waals surface area contributed by atoms with Crippen LogP contribution in [-0.4, -0.2) is 86.8 Å². The minimum absolute atomic E-state index is 0.213. The summed E-state index contributed by atoms with van der Waals surface area (Å²) in [6.45, 7) is 0. The van der Waals surface area contributed by atoms with Crippen LogP contribution in [0.5, 0.6) is 0 Å². The van der Waals surface area contributed by atoms with Gasteiger partial charge >= 0.3 is 6.03 Å². The third-order valence-corrected chi connectivity index (χ3v) is 5.36. The fourth-order valence-electron chi connectivity index (χ4n) is 2.57. The van der Waals surface area contributed by atoms with Crippen LogP contribution in [0.15, 0.2) is 0 Å². The molecule has 0 aromatic carbocycles. The molecule has 6 nitrogen and oxygen atoms in total. The van der Waals surface area contributed by atoms with Crippen molar-refractivity contribution in [2.24, 2.45) is 0 Å². The van der Waals surface area contributed by atoms with Gasteiger partial charge in [0.2, 0.25) is 0 Å². The summed E-state index contributed by atoms with van der Waals surface area (Å²) in [5, 5.41) is 0.972. The maximum atomic E-state index is 12.3. The Morgan fingerprint density at radius 2 is 1.21 bits per heavy atom. The molecule has 19 heavy (non-hydrogen) atoms. The number of thiocarbonyl (C=S) groups is 3. The van der Waals surface area contributed by atoms with Crippen molar-refractivity contribution in [1.82, 2.24) is 24.5 Å². The van der Waals surface area contributed by atoms with E-state index in [0.29, 0.717) is 15.2 Å². The number of amides is 2. The first-order chi connectivity index (χ1) is 8.68. The van der Waals surface area contributed by atoms with Gasteiger partial charge in [0.15, 0.2) is 15.2 Å². The number of hydrogen-bond acceptors (Lipinski definition) is 4. The van der Waals surface area contributed by atoms with Crippen LogP contribution in [0, 0.1) is 0 Å². The molecule has 2 saturated heterocycles. The standard InChI is InChI=1S/C10H15N5OS3/c1-11-6(17)10(14(4)8(11)18)13(3)7(16)12(2)9(19)15(10)5/h1-5H3. The highest BCUT2D eigenvalue weighted by Gasteiger charge is 2.61. The first kappa shape index (κ1) is 14.4. The summed E-state index contributed by atoms with van der Waals surface area (Å²) < 4.78 is 0. The number of hydrogen-bond donors (Lipinski definition) is 0. The fraction of sp³-hybridized carbons (Fsp3) is 0.600. The van der Waals surface area contributed by atoms with Gasteiger partial charge in [-0.15, -0.1) is 0 Å². The van der Waals surface area contributed by atoms with Gasteiger partial charge in [-0.1, -0.05) is 12.2 Å². The number of rotatable bonds is 0. The molecule has 2 aliphatic heterocycles.